The molecule has 10 nitrogen and oxygen atoms in total. The van der Waals surface area contributed by atoms with E-state index in [4.69, 9.17) is 4.74 Å². The minimum atomic E-state index is -3.96. The molecule has 0 radical (unpaired) electrons. The van der Waals surface area contributed by atoms with Crippen LogP contribution in [-0.4, -0.2) is 95.1 Å². The minimum Gasteiger partial charge on any atom is -0.364 e. The van der Waals surface area contributed by atoms with Gasteiger partial charge in [0.15, 0.2) is 0 Å². The number of benzene rings is 3. The van der Waals surface area contributed by atoms with Crippen LogP contribution < -0.4 is 0 Å². The Bertz CT molecular complexity index is 1780. The summed E-state index contributed by atoms with van der Waals surface area (Å²) in [5.74, 6) is -0.687. The molecule has 3 heterocycles. The van der Waals surface area contributed by atoms with Crippen LogP contribution in [-0.2, 0) is 19.6 Å². The van der Waals surface area contributed by atoms with Crippen molar-refractivity contribution in [2.24, 2.45) is 0 Å². The lowest BCUT2D eigenvalue weighted by Crippen LogP contribution is -2.63. The molecule has 2 fully saturated rings. The van der Waals surface area contributed by atoms with E-state index in [0.29, 0.717) is 18.7 Å². The van der Waals surface area contributed by atoms with Crippen LogP contribution in [0, 0.1) is 0 Å². The first-order valence-corrected chi connectivity index (χ1v) is 16.4. The van der Waals surface area contributed by atoms with Crippen LogP contribution in [0.25, 0.3) is 22.0 Å². The number of carbonyl (C=O) groups is 2. The molecule has 0 aliphatic carbocycles. The molecular formula is C30H28BrN5O5S2. The fourth-order valence-electron chi connectivity index (χ4n) is 5.39. The third-order valence-corrected chi connectivity index (χ3v) is 10.3. The number of sulfonamides is 1. The number of nitrogens with zero attached hydrogens (tertiary/aromatic N) is 5. The number of aromatic nitrogens is 2. The van der Waals surface area contributed by atoms with E-state index < -0.39 is 21.5 Å². The van der Waals surface area contributed by atoms with Crippen LogP contribution in [0.15, 0.2) is 88.6 Å². The Balaban J connectivity index is 1.29. The highest BCUT2D eigenvalue weighted by molar-refractivity contribution is 9.10. The van der Waals surface area contributed by atoms with E-state index in [9.17, 15) is 18.0 Å². The van der Waals surface area contributed by atoms with Crippen molar-refractivity contribution in [2.45, 2.75) is 16.4 Å². The zero-order valence-electron chi connectivity index (χ0n) is 22.9. The number of thiol groups is 1. The maximum absolute atomic E-state index is 13.9. The van der Waals surface area contributed by atoms with Gasteiger partial charge < -0.3 is 14.5 Å². The summed E-state index contributed by atoms with van der Waals surface area (Å²) in [6.45, 7) is 0.806. The Morgan fingerprint density at radius 2 is 1.70 bits per heavy atom. The summed E-state index contributed by atoms with van der Waals surface area (Å²) in [7, 11) is -3.96. The summed E-state index contributed by atoms with van der Waals surface area (Å²) in [6, 6.07) is 18.3. The SMILES string of the molecule is O=C(C1CN(S(=O)(=O)c2ccc3cc(Br)ccc3c2)CCN1C(=O)c1ccc(-c2ccncn2)cc1)N1CCOC(S)C1. The number of piperazine rings is 1. The van der Waals surface area contributed by atoms with Crippen molar-refractivity contribution in [1.29, 1.82) is 0 Å². The third-order valence-electron chi connectivity index (χ3n) is 7.67. The van der Waals surface area contributed by atoms with E-state index >= 15 is 0 Å². The molecule has 1 aromatic heterocycles. The number of hydrogen-bond acceptors (Lipinski definition) is 8. The predicted octanol–water partition coefficient (Wildman–Crippen LogP) is 3.69. The number of hydrogen-bond donors (Lipinski definition) is 1. The zero-order chi connectivity index (χ0) is 30.1. The van der Waals surface area contributed by atoms with Crippen molar-refractivity contribution in [1.82, 2.24) is 24.1 Å². The van der Waals surface area contributed by atoms with Gasteiger partial charge in [0.2, 0.25) is 15.9 Å². The van der Waals surface area contributed by atoms with Gasteiger partial charge in [0.05, 0.1) is 23.7 Å². The molecule has 222 valence electrons. The molecule has 2 saturated heterocycles. The van der Waals surface area contributed by atoms with Crippen LogP contribution in [0.5, 0.6) is 0 Å². The first-order valence-electron chi connectivity index (χ1n) is 13.7. The smallest absolute Gasteiger partial charge is 0.254 e. The average Bonchev–Trinajstić information content (AvgIpc) is 3.04. The van der Waals surface area contributed by atoms with Crippen molar-refractivity contribution in [2.75, 3.05) is 39.3 Å². The number of fused-ring (bicyclic) bond motifs is 1. The molecule has 13 heteroatoms. The molecule has 0 saturated carbocycles. The minimum absolute atomic E-state index is 0.0492. The van der Waals surface area contributed by atoms with Crippen LogP contribution in [0.1, 0.15) is 10.4 Å². The summed E-state index contributed by atoms with van der Waals surface area (Å²) in [4.78, 5) is 39.1. The van der Waals surface area contributed by atoms with Gasteiger partial charge in [-0.2, -0.15) is 4.31 Å². The van der Waals surface area contributed by atoms with Crippen molar-refractivity contribution in [3.05, 3.63) is 89.3 Å². The van der Waals surface area contributed by atoms with Crippen molar-refractivity contribution < 1.29 is 22.7 Å². The highest BCUT2D eigenvalue weighted by Crippen LogP contribution is 2.28. The first kappa shape index (κ1) is 29.7. The van der Waals surface area contributed by atoms with E-state index in [0.717, 1.165) is 26.5 Å². The molecule has 43 heavy (non-hydrogen) atoms. The molecule has 2 amide bonds. The first-order chi connectivity index (χ1) is 20.7. The van der Waals surface area contributed by atoms with Crippen molar-refractivity contribution >= 4 is 61.2 Å². The topological polar surface area (TPSA) is 113 Å². The number of carbonyl (C=O) groups excluding carboxylic acids is 2. The Hall–Kier alpha value is -3.36. The predicted molar refractivity (Wildman–Crippen MR) is 168 cm³/mol. The van der Waals surface area contributed by atoms with E-state index in [1.165, 1.54) is 15.5 Å². The molecule has 0 spiro atoms. The summed E-state index contributed by atoms with van der Waals surface area (Å²) in [6.07, 6.45) is 3.10. The molecule has 2 atom stereocenters. The number of ether oxygens (including phenoxy) is 1. The highest BCUT2D eigenvalue weighted by Gasteiger charge is 2.42. The van der Waals surface area contributed by atoms with Gasteiger partial charge in [0.1, 0.15) is 17.8 Å². The Labute approximate surface area is 263 Å². The normalized spacial score (nSPS) is 19.9. The Morgan fingerprint density at radius 1 is 0.930 bits per heavy atom. The van der Waals surface area contributed by atoms with Crippen LogP contribution in [0.4, 0.5) is 0 Å². The monoisotopic (exact) mass is 681 g/mol. The zero-order valence-corrected chi connectivity index (χ0v) is 26.2. The van der Waals surface area contributed by atoms with Gasteiger partial charge >= 0.3 is 0 Å². The maximum Gasteiger partial charge on any atom is 0.254 e. The fourth-order valence-corrected chi connectivity index (χ4v) is 7.54. The molecule has 0 bridgehead atoms. The summed E-state index contributed by atoms with van der Waals surface area (Å²) < 4.78 is 35.4. The number of morpholine rings is 1. The average molecular weight is 683 g/mol. The van der Waals surface area contributed by atoms with Crippen LogP contribution in [0.2, 0.25) is 0 Å². The lowest BCUT2D eigenvalue weighted by molar-refractivity contribution is -0.142. The molecule has 2 unspecified atom stereocenters. The standard InChI is InChI=1S/C30H28BrN5O5S2/c31-24-7-5-23-16-25(8-6-22(23)15-24)43(39,40)35-11-12-36(27(17-35)30(38)34-13-14-41-28(42)18-34)29(37)21-3-1-20(2-4-21)26-9-10-32-19-33-26/h1-10,15-16,19,27-28,42H,11-14,17-18H2. The second-order valence-corrected chi connectivity index (χ2v) is 13.7. The summed E-state index contributed by atoms with van der Waals surface area (Å²) in [5, 5.41) is 1.68. The molecule has 2 aliphatic rings. The van der Waals surface area contributed by atoms with E-state index in [1.54, 1.807) is 59.6 Å². The van der Waals surface area contributed by atoms with Gasteiger partial charge in [-0.05, 0) is 53.2 Å². The van der Waals surface area contributed by atoms with Crippen molar-refractivity contribution in [3.8, 4) is 11.3 Å². The molecule has 3 aromatic carbocycles. The van der Waals surface area contributed by atoms with Gasteiger partial charge in [0, 0.05) is 48.0 Å². The quantitative estimate of drug-likeness (QED) is 0.320. The van der Waals surface area contributed by atoms with Gasteiger partial charge in [0.25, 0.3) is 5.91 Å². The molecular weight excluding hydrogens is 654 g/mol. The van der Waals surface area contributed by atoms with Crippen LogP contribution >= 0.6 is 28.6 Å². The molecule has 6 rings (SSSR count). The second-order valence-electron chi connectivity index (χ2n) is 10.3. The van der Waals surface area contributed by atoms with Crippen LogP contribution in [0.3, 0.4) is 0 Å². The number of rotatable bonds is 5. The Morgan fingerprint density at radius 3 is 2.44 bits per heavy atom. The summed E-state index contributed by atoms with van der Waals surface area (Å²) in [5.41, 5.74) is 1.47. The van der Waals surface area contributed by atoms with Crippen molar-refractivity contribution in [3.63, 3.8) is 0 Å². The molecule has 0 N–H and O–H groups in total. The Kier molecular flexibility index (Phi) is 8.51. The lowest BCUT2D eigenvalue weighted by atomic mass is 10.1. The second kappa shape index (κ2) is 12.3. The van der Waals surface area contributed by atoms with Gasteiger partial charge in [-0.1, -0.05) is 40.2 Å². The third kappa shape index (κ3) is 6.18. The molecule has 4 aromatic rings. The number of amides is 2. The van der Waals surface area contributed by atoms with E-state index in [2.05, 4.69) is 38.5 Å². The van der Waals surface area contributed by atoms with Gasteiger partial charge in [-0.3, -0.25) is 9.59 Å². The highest BCUT2D eigenvalue weighted by atomic mass is 79.9. The lowest BCUT2D eigenvalue weighted by Gasteiger charge is -2.42. The van der Waals surface area contributed by atoms with E-state index in [-0.39, 0.29) is 42.9 Å². The van der Waals surface area contributed by atoms with Gasteiger partial charge in [-0.15, -0.1) is 12.6 Å². The fraction of sp³-hybridized carbons (Fsp3) is 0.267. The summed E-state index contributed by atoms with van der Waals surface area (Å²) >= 11 is 7.82. The van der Waals surface area contributed by atoms with Gasteiger partial charge in [-0.25, -0.2) is 18.4 Å². The van der Waals surface area contributed by atoms with E-state index in [1.807, 2.05) is 18.2 Å². The number of halogens is 1. The molecule has 2 aliphatic heterocycles. The largest absolute Gasteiger partial charge is 0.364 e. The maximum atomic E-state index is 13.9.